The molecule has 13 rings (SSSR count). The minimum atomic E-state index is -0.0647. The van der Waals surface area contributed by atoms with Crippen molar-refractivity contribution in [2.75, 3.05) is 14.7 Å². The Bertz CT molecular complexity index is 3560. The molecule has 1 saturated carbocycles. The van der Waals surface area contributed by atoms with E-state index in [4.69, 9.17) is 0 Å². The summed E-state index contributed by atoms with van der Waals surface area (Å²) in [6.07, 6.45) is 12.1. The molecule has 4 aliphatic carbocycles. The zero-order valence-electron chi connectivity index (χ0n) is 51.0. The van der Waals surface area contributed by atoms with Gasteiger partial charge in [-0.2, -0.15) is 0 Å². The zero-order chi connectivity index (χ0) is 54.9. The van der Waals surface area contributed by atoms with Gasteiger partial charge in [0.2, 0.25) is 0 Å². The Hall–Kier alpha value is -5.22. The Morgan fingerprint density at radius 3 is 1.25 bits per heavy atom. The SMILES string of the molecule is Cc1cc2c3c(c1)N(c1cc4c(cc1C)C(C)(C)CCC4(C)C)c1cc4c(cc1B3c1ccc(N3c5cc(C)cc(C)c5C5(C)CCCCC35C)cc1N2c1cc2c(cc1C)C(C)(C)CCC2(C)C)C(C)(C)CCC4(C)C. The number of hydrogen-bond donors (Lipinski definition) is 0. The fraction of sp³-hybridized carbons (Fsp3) is 0.507. The molecule has 0 aromatic heterocycles. The molecule has 0 spiro atoms. The maximum absolute atomic E-state index is 2.85. The van der Waals surface area contributed by atoms with Crippen LogP contribution in [0.5, 0.6) is 0 Å². The Morgan fingerprint density at radius 1 is 0.351 bits per heavy atom. The maximum atomic E-state index is 2.85. The van der Waals surface area contributed by atoms with Crippen LogP contribution in [0, 0.1) is 34.6 Å². The van der Waals surface area contributed by atoms with E-state index in [1.54, 1.807) is 5.56 Å². The van der Waals surface area contributed by atoms with Gasteiger partial charge in [-0.25, -0.2) is 0 Å². The van der Waals surface area contributed by atoms with Crippen molar-refractivity contribution in [1.29, 1.82) is 0 Å². The van der Waals surface area contributed by atoms with Gasteiger partial charge in [-0.15, -0.1) is 0 Å². The molecule has 6 aromatic carbocycles. The lowest BCUT2D eigenvalue weighted by atomic mass is 9.33. The maximum Gasteiger partial charge on any atom is 0.252 e. The van der Waals surface area contributed by atoms with Gasteiger partial charge in [0.1, 0.15) is 0 Å². The number of fused-ring (bicyclic) bond motifs is 10. The van der Waals surface area contributed by atoms with Crippen LogP contribution in [0.25, 0.3) is 0 Å². The van der Waals surface area contributed by atoms with E-state index >= 15 is 0 Å². The highest BCUT2D eigenvalue weighted by atomic mass is 15.3. The molecule has 4 heteroatoms. The number of nitrogens with zero attached hydrogens (tertiary/aromatic N) is 3. The lowest BCUT2D eigenvalue weighted by Gasteiger charge is -2.51. The summed E-state index contributed by atoms with van der Waals surface area (Å²) in [5.41, 5.74) is 33.0. The van der Waals surface area contributed by atoms with E-state index in [0.29, 0.717) is 0 Å². The van der Waals surface area contributed by atoms with Crippen molar-refractivity contribution in [3.05, 3.63) is 146 Å². The first-order valence-corrected chi connectivity index (χ1v) is 30.2. The molecule has 0 saturated heterocycles. The molecular weight excluding hydrogens is 930 g/mol. The van der Waals surface area contributed by atoms with E-state index in [-0.39, 0.29) is 50.2 Å². The largest absolute Gasteiger partial charge is 0.334 e. The lowest BCUT2D eigenvalue weighted by Crippen LogP contribution is -2.62. The lowest BCUT2D eigenvalue weighted by molar-refractivity contribution is 0.194. The highest BCUT2D eigenvalue weighted by Gasteiger charge is 2.59. The molecule has 3 nitrogen and oxygen atoms in total. The van der Waals surface area contributed by atoms with Gasteiger partial charge in [-0.3, -0.25) is 0 Å². The summed E-state index contributed by atoms with van der Waals surface area (Å²) in [4.78, 5) is 8.42. The third-order valence-electron chi connectivity index (χ3n) is 22.8. The zero-order valence-corrected chi connectivity index (χ0v) is 51.0. The second-order valence-corrected chi connectivity index (χ2v) is 30.8. The molecule has 0 bridgehead atoms. The highest BCUT2D eigenvalue weighted by Crippen LogP contribution is 2.63. The molecule has 0 amide bonds. The fourth-order valence-electron chi connectivity index (χ4n) is 17.5. The van der Waals surface area contributed by atoms with Crippen molar-refractivity contribution in [3.8, 4) is 0 Å². The van der Waals surface area contributed by atoms with E-state index in [1.807, 2.05) is 0 Å². The minimum Gasteiger partial charge on any atom is -0.334 e. The summed E-state index contributed by atoms with van der Waals surface area (Å²) >= 11 is 0. The van der Waals surface area contributed by atoms with Crippen LogP contribution in [0.2, 0.25) is 0 Å². The van der Waals surface area contributed by atoms with E-state index in [9.17, 15) is 0 Å². The van der Waals surface area contributed by atoms with Gasteiger partial charge in [-0.1, -0.05) is 133 Å². The molecule has 0 N–H and O–H groups in total. The van der Waals surface area contributed by atoms with Crippen LogP contribution >= 0.6 is 0 Å². The van der Waals surface area contributed by atoms with Crippen molar-refractivity contribution < 1.29 is 0 Å². The molecule has 2 unspecified atom stereocenters. The van der Waals surface area contributed by atoms with Gasteiger partial charge in [-0.05, 0) is 257 Å². The van der Waals surface area contributed by atoms with Gasteiger partial charge in [0.05, 0.1) is 5.54 Å². The average Bonchev–Trinajstić information content (AvgIpc) is 3.72. The number of rotatable bonds is 3. The monoisotopic (exact) mass is 1020 g/mol. The average molecular weight is 1020 g/mol. The minimum absolute atomic E-state index is 0.0331. The Kier molecular flexibility index (Phi) is 10.6. The van der Waals surface area contributed by atoms with E-state index in [0.717, 1.165) is 0 Å². The summed E-state index contributed by atoms with van der Waals surface area (Å²) in [5, 5.41) is 0. The normalized spacial score (nSPS) is 24.9. The first kappa shape index (κ1) is 51.2. The summed E-state index contributed by atoms with van der Waals surface area (Å²) in [7, 11) is 0. The van der Waals surface area contributed by atoms with Crippen LogP contribution in [0.3, 0.4) is 0 Å². The molecule has 77 heavy (non-hydrogen) atoms. The molecule has 400 valence electrons. The van der Waals surface area contributed by atoms with Gasteiger partial charge in [0.25, 0.3) is 6.71 Å². The molecule has 7 aliphatic rings. The summed E-state index contributed by atoms with van der Waals surface area (Å²) in [5.74, 6) is 0. The number of benzene rings is 6. The van der Waals surface area contributed by atoms with Gasteiger partial charge in [0.15, 0.2) is 0 Å². The van der Waals surface area contributed by atoms with Crippen LogP contribution in [0.4, 0.5) is 45.5 Å². The van der Waals surface area contributed by atoms with E-state index in [2.05, 4.69) is 225 Å². The standard InChI is InChI=1S/C73H90BN3/c1-43-32-47(5)64-61(33-43)77(73(19)25-21-20-24-72(64,73)18)48-22-23-55-59(38-48)75(57-40-52-49(36-45(57)3)66(6,7)26-29-69(52,12)13)62-34-44(2)35-63-65(62)74(55)56-39-51-54(71(16,17)31-28-68(51,10)11)42-60(56)76(63)58-41-53-50(37-46(58)4)67(8,9)27-30-70(53,14)15/h22-23,32-42H,20-21,24-31H2,1-19H3. The summed E-state index contributed by atoms with van der Waals surface area (Å²) in [6, 6.07) is 34.0. The van der Waals surface area contributed by atoms with Crippen molar-refractivity contribution in [2.45, 2.75) is 239 Å². The van der Waals surface area contributed by atoms with E-state index < -0.39 is 0 Å². The molecule has 3 aliphatic heterocycles. The van der Waals surface area contributed by atoms with Crippen molar-refractivity contribution in [1.82, 2.24) is 0 Å². The van der Waals surface area contributed by atoms with Crippen LogP contribution in [0.1, 0.15) is 228 Å². The smallest absolute Gasteiger partial charge is 0.252 e. The molecular formula is C73H90BN3. The van der Waals surface area contributed by atoms with Crippen molar-refractivity contribution >= 4 is 68.6 Å². The second-order valence-electron chi connectivity index (χ2n) is 30.8. The second kappa shape index (κ2) is 16.0. The summed E-state index contributed by atoms with van der Waals surface area (Å²) in [6.45, 7) is 47.2. The van der Waals surface area contributed by atoms with Gasteiger partial charge < -0.3 is 14.7 Å². The third-order valence-corrected chi connectivity index (χ3v) is 22.8. The first-order valence-electron chi connectivity index (χ1n) is 30.2. The fourth-order valence-corrected chi connectivity index (χ4v) is 17.5. The number of anilines is 8. The topological polar surface area (TPSA) is 9.72 Å². The van der Waals surface area contributed by atoms with Gasteiger partial charge >= 0.3 is 0 Å². The van der Waals surface area contributed by atoms with E-state index in [1.165, 1.54) is 187 Å². The van der Waals surface area contributed by atoms with Crippen molar-refractivity contribution in [2.24, 2.45) is 0 Å². The van der Waals surface area contributed by atoms with Crippen LogP contribution in [-0.2, 0) is 37.9 Å². The van der Waals surface area contributed by atoms with Gasteiger partial charge in [0, 0.05) is 50.9 Å². The number of aryl methyl sites for hydroxylation is 5. The predicted octanol–water partition coefficient (Wildman–Crippen LogP) is 18.1. The Labute approximate surface area is 465 Å². The predicted molar refractivity (Wildman–Crippen MR) is 333 cm³/mol. The van der Waals surface area contributed by atoms with Crippen LogP contribution in [0.15, 0.2) is 78.9 Å². The Balaban J connectivity index is 1.15. The first-order chi connectivity index (χ1) is 35.9. The quantitative estimate of drug-likeness (QED) is 0.163. The summed E-state index contributed by atoms with van der Waals surface area (Å²) < 4.78 is 0. The Morgan fingerprint density at radius 2 is 0.753 bits per heavy atom. The molecule has 0 radical (unpaired) electrons. The molecule has 2 atom stereocenters. The number of hydrogen-bond acceptors (Lipinski definition) is 3. The van der Waals surface area contributed by atoms with Crippen LogP contribution < -0.4 is 31.1 Å². The molecule has 3 heterocycles. The molecule has 6 aromatic rings. The highest BCUT2D eigenvalue weighted by molar-refractivity contribution is 7.00. The van der Waals surface area contributed by atoms with Crippen LogP contribution in [-0.4, -0.2) is 12.3 Å². The molecule has 1 fully saturated rings. The third kappa shape index (κ3) is 7.00. The van der Waals surface area contributed by atoms with Crippen molar-refractivity contribution in [3.63, 3.8) is 0 Å².